The quantitative estimate of drug-likeness (QED) is 0.148. The van der Waals surface area contributed by atoms with E-state index in [1.807, 2.05) is 0 Å². The van der Waals surface area contributed by atoms with Crippen LogP contribution in [0.2, 0.25) is 0 Å². The molecule has 0 saturated carbocycles. The maximum Gasteiger partial charge on any atom is 0.0792 e. The Labute approximate surface area is 165 Å². The summed E-state index contributed by atoms with van der Waals surface area (Å²) in [6.45, 7) is 7.47. The van der Waals surface area contributed by atoms with Gasteiger partial charge >= 0.3 is 0 Å². The van der Waals surface area contributed by atoms with Crippen molar-refractivity contribution in [3.05, 3.63) is 5.21 Å². The van der Waals surface area contributed by atoms with Gasteiger partial charge in [-0.05, 0) is 18.9 Å². The topological polar surface area (TPSA) is 35.1 Å². The fourth-order valence-corrected chi connectivity index (χ4v) is 3.46. The summed E-state index contributed by atoms with van der Waals surface area (Å²) in [5.41, 5.74) is 0. The summed E-state index contributed by atoms with van der Waals surface area (Å²) in [5, 5.41) is 14.9. The van der Waals surface area contributed by atoms with E-state index in [0.29, 0.717) is 6.54 Å². The summed E-state index contributed by atoms with van der Waals surface area (Å²) in [5.74, 6) is 0.882. The second-order valence-corrected chi connectivity index (χ2v) is 9.18. The number of nitrogens with zero attached hydrogens (tertiary/aromatic N) is 1. The first-order chi connectivity index (χ1) is 12.4. The lowest BCUT2D eigenvalue weighted by Crippen LogP contribution is -2.34. The summed E-state index contributed by atoms with van der Waals surface area (Å²) < 4.78 is -0.167. The number of hydroxylamine groups is 3. The van der Waals surface area contributed by atoms with Crippen molar-refractivity contribution in [2.24, 2.45) is 5.92 Å². The summed E-state index contributed by atoms with van der Waals surface area (Å²) in [7, 11) is 3.43. The van der Waals surface area contributed by atoms with E-state index in [9.17, 15) is 5.21 Å². The van der Waals surface area contributed by atoms with Gasteiger partial charge in [-0.25, -0.2) is 0 Å². The van der Waals surface area contributed by atoms with Crippen molar-refractivity contribution in [3.8, 4) is 0 Å². The zero-order valence-electron chi connectivity index (χ0n) is 18.7. The van der Waals surface area contributed by atoms with Gasteiger partial charge in [0.1, 0.15) is 0 Å². The van der Waals surface area contributed by atoms with Gasteiger partial charge in [0.15, 0.2) is 0 Å². The van der Waals surface area contributed by atoms with Gasteiger partial charge in [-0.1, -0.05) is 97.3 Å². The van der Waals surface area contributed by atoms with Crippen LogP contribution in [-0.4, -0.2) is 38.4 Å². The van der Waals surface area contributed by atoms with Crippen molar-refractivity contribution >= 4 is 0 Å². The second-order valence-electron chi connectivity index (χ2n) is 9.18. The minimum absolute atomic E-state index is 0.167. The molecular formula is C23H50N2O. The molecule has 0 unspecified atom stereocenters. The molecule has 0 bridgehead atoms. The largest absolute Gasteiger partial charge is 0.633 e. The first kappa shape index (κ1) is 25.9. The van der Waals surface area contributed by atoms with Crippen LogP contribution in [0.4, 0.5) is 0 Å². The number of rotatable bonds is 20. The van der Waals surface area contributed by atoms with E-state index in [1.165, 1.54) is 89.9 Å². The molecule has 0 saturated heterocycles. The Morgan fingerprint density at radius 1 is 0.615 bits per heavy atom. The number of hydrogen-bond donors (Lipinski definition) is 1. The molecule has 0 aliphatic carbocycles. The van der Waals surface area contributed by atoms with Gasteiger partial charge in [0.2, 0.25) is 0 Å². The zero-order valence-corrected chi connectivity index (χ0v) is 18.7. The SMILES string of the molecule is CC(C)CCCCCCCCCCCCCCCNCCC[N+](C)(C)[O-]. The van der Waals surface area contributed by atoms with Crippen LogP contribution in [0, 0.1) is 11.1 Å². The van der Waals surface area contributed by atoms with Crippen molar-refractivity contribution in [1.82, 2.24) is 5.32 Å². The molecule has 0 aliphatic rings. The Balaban J connectivity index is 3.03. The van der Waals surface area contributed by atoms with E-state index in [0.717, 1.165) is 25.4 Å². The molecule has 0 spiro atoms. The van der Waals surface area contributed by atoms with Crippen LogP contribution >= 0.6 is 0 Å². The number of nitrogens with one attached hydrogen (secondary N) is 1. The highest BCUT2D eigenvalue weighted by molar-refractivity contribution is 4.52. The molecule has 0 heterocycles. The molecule has 0 radical (unpaired) electrons. The van der Waals surface area contributed by atoms with Gasteiger partial charge < -0.3 is 15.2 Å². The fourth-order valence-electron chi connectivity index (χ4n) is 3.46. The zero-order chi connectivity index (χ0) is 19.5. The van der Waals surface area contributed by atoms with Crippen molar-refractivity contribution in [2.45, 2.75) is 110 Å². The summed E-state index contributed by atoms with van der Waals surface area (Å²) in [4.78, 5) is 0. The first-order valence-electron chi connectivity index (χ1n) is 11.7. The minimum atomic E-state index is -0.167. The van der Waals surface area contributed by atoms with Crippen LogP contribution < -0.4 is 5.32 Å². The minimum Gasteiger partial charge on any atom is -0.633 e. The highest BCUT2D eigenvalue weighted by atomic mass is 16.5. The van der Waals surface area contributed by atoms with Gasteiger partial charge in [-0.15, -0.1) is 0 Å². The Kier molecular flexibility index (Phi) is 18.2. The molecule has 0 amide bonds. The third-order valence-corrected chi connectivity index (χ3v) is 5.19. The second kappa shape index (κ2) is 18.3. The van der Waals surface area contributed by atoms with E-state index in [4.69, 9.17) is 0 Å². The highest BCUT2D eigenvalue weighted by Gasteiger charge is 2.00. The van der Waals surface area contributed by atoms with Crippen LogP contribution in [0.15, 0.2) is 0 Å². The van der Waals surface area contributed by atoms with Crippen molar-refractivity contribution in [1.29, 1.82) is 0 Å². The molecule has 26 heavy (non-hydrogen) atoms. The maximum atomic E-state index is 11.4. The fraction of sp³-hybridized carbons (Fsp3) is 1.00. The molecule has 0 fully saturated rings. The predicted molar refractivity (Wildman–Crippen MR) is 117 cm³/mol. The van der Waals surface area contributed by atoms with Gasteiger partial charge in [-0.2, -0.15) is 0 Å². The molecule has 0 atom stereocenters. The molecule has 0 aliphatic heterocycles. The molecule has 1 N–H and O–H groups in total. The smallest absolute Gasteiger partial charge is 0.0792 e. The van der Waals surface area contributed by atoms with E-state index in [1.54, 1.807) is 14.1 Å². The summed E-state index contributed by atoms with van der Waals surface area (Å²) in [6.07, 6.45) is 20.8. The maximum absolute atomic E-state index is 11.4. The lowest BCUT2D eigenvalue weighted by molar-refractivity contribution is -0.840. The Morgan fingerprint density at radius 2 is 1.00 bits per heavy atom. The summed E-state index contributed by atoms with van der Waals surface area (Å²) in [6, 6.07) is 0. The molecule has 3 heteroatoms. The summed E-state index contributed by atoms with van der Waals surface area (Å²) >= 11 is 0. The molecule has 0 aromatic rings. The molecule has 0 aromatic carbocycles. The van der Waals surface area contributed by atoms with Gasteiger partial charge in [0, 0.05) is 13.0 Å². The normalized spacial score (nSPS) is 12.2. The standard InChI is InChI=1S/C23H50N2O/c1-23(2)19-16-14-12-10-8-6-5-7-9-11-13-15-17-20-24-21-18-22-25(3,4)26/h23-24H,5-22H2,1-4H3. The van der Waals surface area contributed by atoms with Crippen molar-refractivity contribution in [2.75, 3.05) is 33.7 Å². The first-order valence-corrected chi connectivity index (χ1v) is 11.7. The molecule has 3 nitrogen and oxygen atoms in total. The van der Waals surface area contributed by atoms with Crippen molar-refractivity contribution in [3.63, 3.8) is 0 Å². The third kappa shape index (κ3) is 23.9. The monoisotopic (exact) mass is 370 g/mol. The number of hydrogen-bond acceptors (Lipinski definition) is 2. The van der Waals surface area contributed by atoms with Crippen LogP contribution in [0.25, 0.3) is 0 Å². The highest BCUT2D eigenvalue weighted by Crippen LogP contribution is 2.14. The van der Waals surface area contributed by atoms with Crippen LogP contribution in [0.3, 0.4) is 0 Å². The molecular weight excluding hydrogens is 320 g/mol. The van der Waals surface area contributed by atoms with Crippen LogP contribution in [-0.2, 0) is 0 Å². The van der Waals surface area contributed by atoms with Crippen LogP contribution in [0.5, 0.6) is 0 Å². The van der Waals surface area contributed by atoms with E-state index in [-0.39, 0.29) is 4.65 Å². The third-order valence-electron chi connectivity index (χ3n) is 5.19. The molecule has 0 rings (SSSR count). The van der Waals surface area contributed by atoms with E-state index < -0.39 is 0 Å². The lowest BCUT2D eigenvalue weighted by atomic mass is 10.0. The Bertz CT molecular complexity index is 274. The van der Waals surface area contributed by atoms with Gasteiger partial charge in [-0.3, -0.25) is 0 Å². The Hall–Kier alpha value is -0.120. The number of unbranched alkanes of at least 4 members (excludes halogenated alkanes) is 12. The molecule has 0 aromatic heterocycles. The Morgan fingerprint density at radius 3 is 1.42 bits per heavy atom. The van der Waals surface area contributed by atoms with E-state index >= 15 is 0 Å². The van der Waals surface area contributed by atoms with E-state index in [2.05, 4.69) is 19.2 Å². The predicted octanol–water partition coefficient (Wildman–Crippen LogP) is 6.66. The molecule has 158 valence electrons. The van der Waals surface area contributed by atoms with Gasteiger partial charge in [0.05, 0.1) is 20.6 Å². The average Bonchev–Trinajstić information content (AvgIpc) is 2.55. The van der Waals surface area contributed by atoms with Crippen molar-refractivity contribution < 1.29 is 4.65 Å². The average molecular weight is 371 g/mol. The van der Waals surface area contributed by atoms with Crippen LogP contribution in [0.1, 0.15) is 110 Å². The lowest BCUT2D eigenvalue weighted by Gasteiger charge is -2.33. The van der Waals surface area contributed by atoms with Gasteiger partial charge in [0.25, 0.3) is 0 Å². The number of quaternary nitrogens is 1.